The van der Waals surface area contributed by atoms with Crippen molar-refractivity contribution in [1.82, 2.24) is 15.0 Å². The number of aromatic nitrogens is 2. The van der Waals surface area contributed by atoms with Gasteiger partial charge in [0.25, 0.3) is 0 Å². The Morgan fingerprint density at radius 3 is 2.56 bits per heavy atom. The van der Waals surface area contributed by atoms with Crippen molar-refractivity contribution in [2.24, 2.45) is 0 Å². The fourth-order valence-corrected chi connectivity index (χ4v) is 2.87. The lowest BCUT2D eigenvalue weighted by Crippen LogP contribution is -2.49. The molecule has 0 aliphatic carbocycles. The van der Waals surface area contributed by atoms with Crippen LogP contribution in [-0.4, -0.2) is 47.1 Å². The summed E-state index contributed by atoms with van der Waals surface area (Å²) in [6.45, 7) is 1.72. The van der Waals surface area contributed by atoms with Crippen LogP contribution in [0.25, 0.3) is 0 Å². The Hall–Kier alpha value is -2.29. The van der Waals surface area contributed by atoms with E-state index in [0.29, 0.717) is 37.7 Å². The van der Waals surface area contributed by atoms with Crippen molar-refractivity contribution >= 4 is 23.3 Å². The molecular formula is C15H14ClF3N4O2. The van der Waals surface area contributed by atoms with Gasteiger partial charge in [0.05, 0.1) is 22.7 Å². The summed E-state index contributed by atoms with van der Waals surface area (Å²) in [6.07, 6.45) is -2.17. The maximum absolute atomic E-state index is 12.7. The number of piperazine rings is 1. The smallest absolute Gasteiger partial charge is 0.364 e. The van der Waals surface area contributed by atoms with Crippen LogP contribution in [0, 0.1) is 0 Å². The Balaban J connectivity index is 1.61. The summed E-state index contributed by atoms with van der Waals surface area (Å²) in [5.74, 6) is 0.207. The molecule has 134 valence electrons. The van der Waals surface area contributed by atoms with E-state index in [-0.39, 0.29) is 17.4 Å². The van der Waals surface area contributed by atoms with Crippen molar-refractivity contribution in [3.8, 4) is 0 Å². The normalized spacial score (nSPS) is 15.5. The molecule has 0 unspecified atom stereocenters. The SMILES string of the molecule is O=C(Cc1ccon1)N1CCN(c2ncc(C(F)(F)F)cc2Cl)CC1. The van der Waals surface area contributed by atoms with Gasteiger partial charge in [0.2, 0.25) is 5.91 Å². The van der Waals surface area contributed by atoms with Gasteiger partial charge in [0, 0.05) is 38.4 Å². The third-order valence-corrected chi connectivity index (χ3v) is 4.18. The number of hydrogen-bond acceptors (Lipinski definition) is 5. The van der Waals surface area contributed by atoms with Crippen LogP contribution in [0.2, 0.25) is 5.02 Å². The highest BCUT2D eigenvalue weighted by atomic mass is 35.5. The molecule has 1 fully saturated rings. The van der Waals surface area contributed by atoms with Crippen LogP contribution in [0.15, 0.2) is 29.1 Å². The molecule has 1 saturated heterocycles. The lowest BCUT2D eigenvalue weighted by Gasteiger charge is -2.35. The fourth-order valence-electron chi connectivity index (χ4n) is 2.58. The first-order chi connectivity index (χ1) is 11.8. The second kappa shape index (κ2) is 6.91. The quantitative estimate of drug-likeness (QED) is 0.826. The molecule has 3 heterocycles. The molecular weight excluding hydrogens is 361 g/mol. The molecule has 0 radical (unpaired) electrons. The molecule has 1 aliphatic heterocycles. The van der Waals surface area contributed by atoms with E-state index in [1.165, 1.54) is 6.26 Å². The van der Waals surface area contributed by atoms with E-state index in [1.54, 1.807) is 15.9 Å². The molecule has 0 saturated carbocycles. The lowest BCUT2D eigenvalue weighted by atomic mass is 10.2. The van der Waals surface area contributed by atoms with Crippen molar-refractivity contribution in [1.29, 1.82) is 0 Å². The van der Waals surface area contributed by atoms with Gasteiger partial charge in [-0.3, -0.25) is 4.79 Å². The van der Waals surface area contributed by atoms with E-state index < -0.39 is 11.7 Å². The highest BCUT2D eigenvalue weighted by Crippen LogP contribution is 2.33. The van der Waals surface area contributed by atoms with Crippen molar-refractivity contribution in [2.75, 3.05) is 31.1 Å². The third-order valence-electron chi connectivity index (χ3n) is 3.90. The molecule has 0 spiro atoms. The van der Waals surface area contributed by atoms with E-state index in [1.807, 2.05) is 0 Å². The van der Waals surface area contributed by atoms with Gasteiger partial charge in [-0.2, -0.15) is 13.2 Å². The molecule has 0 aromatic carbocycles. The van der Waals surface area contributed by atoms with E-state index in [0.717, 1.165) is 12.3 Å². The van der Waals surface area contributed by atoms with Gasteiger partial charge in [-0.15, -0.1) is 0 Å². The zero-order valence-corrected chi connectivity index (χ0v) is 13.7. The number of nitrogens with zero attached hydrogens (tertiary/aromatic N) is 4. The lowest BCUT2D eigenvalue weighted by molar-refractivity contribution is -0.137. The van der Waals surface area contributed by atoms with Crippen molar-refractivity contribution < 1.29 is 22.5 Å². The zero-order chi connectivity index (χ0) is 18.0. The van der Waals surface area contributed by atoms with Crippen LogP contribution < -0.4 is 4.90 Å². The first kappa shape index (κ1) is 17.5. The van der Waals surface area contributed by atoms with Gasteiger partial charge in [-0.25, -0.2) is 4.98 Å². The second-order valence-electron chi connectivity index (χ2n) is 5.56. The number of hydrogen-bond donors (Lipinski definition) is 0. The average molecular weight is 375 g/mol. The minimum Gasteiger partial charge on any atom is -0.364 e. The summed E-state index contributed by atoms with van der Waals surface area (Å²) in [6, 6.07) is 2.49. The van der Waals surface area contributed by atoms with Crippen LogP contribution in [0.5, 0.6) is 0 Å². The summed E-state index contributed by atoms with van der Waals surface area (Å²) in [5, 5.41) is 3.64. The Morgan fingerprint density at radius 2 is 2.00 bits per heavy atom. The number of carbonyl (C=O) groups is 1. The number of carbonyl (C=O) groups excluding carboxylic acids is 1. The molecule has 0 N–H and O–H groups in total. The average Bonchev–Trinajstić information content (AvgIpc) is 3.07. The fraction of sp³-hybridized carbons (Fsp3) is 0.400. The van der Waals surface area contributed by atoms with Gasteiger partial charge >= 0.3 is 6.18 Å². The van der Waals surface area contributed by atoms with Crippen molar-refractivity contribution in [3.05, 3.63) is 40.9 Å². The number of halogens is 4. The molecule has 2 aromatic rings. The van der Waals surface area contributed by atoms with Crippen LogP contribution in [-0.2, 0) is 17.4 Å². The molecule has 1 amide bonds. The summed E-state index contributed by atoms with van der Waals surface area (Å²) in [4.78, 5) is 19.5. The topological polar surface area (TPSA) is 62.5 Å². The first-order valence-corrected chi connectivity index (χ1v) is 7.87. The Bertz CT molecular complexity index is 744. The molecule has 3 rings (SSSR count). The molecule has 1 aliphatic rings. The van der Waals surface area contributed by atoms with Crippen molar-refractivity contribution in [2.45, 2.75) is 12.6 Å². The summed E-state index contributed by atoms with van der Waals surface area (Å²) in [5.41, 5.74) is -0.331. The number of alkyl halides is 3. The van der Waals surface area contributed by atoms with Gasteiger partial charge in [0.15, 0.2) is 0 Å². The Labute approximate surface area is 146 Å². The largest absolute Gasteiger partial charge is 0.417 e. The summed E-state index contributed by atoms with van der Waals surface area (Å²) >= 11 is 5.96. The zero-order valence-electron chi connectivity index (χ0n) is 13.0. The number of anilines is 1. The predicted octanol–water partition coefficient (Wildman–Crippen LogP) is 2.63. The second-order valence-corrected chi connectivity index (χ2v) is 5.97. The maximum atomic E-state index is 12.7. The molecule has 0 bridgehead atoms. The van der Waals surface area contributed by atoms with Gasteiger partial charge < -0.3 is 14.3 Å². The third kappa shape index (κ3) is 4.04. The molecule has 25 heavy (non-hydrogen) atoms. The minimum absolute atomic E-state index is 0.0581. The van der Waals surface area contributed by atoms with Gasteiger partial charge in [0.1, 0.15) is 12.1 Å². The molecule has 2 aromatic heterocycles. The van der Waals surface area contributed by atoms with Gasteiger partial charge in [-0.1, -0.05) is 16.8 Å². The summed E-state index contributed by atoms with van der Waals surface area (Å²) < 4.78 is 42.7. The maximum Gasteiger partial charge on any atom is 0.417 e. The van der Waals surface area contributed by atoms with E-state index >= 15 is 0 Å². The van der Waals surface area contributed by atoms with Gasteiger partial charge in [-0.05, 0) is 6.07 Å². The molecule has 0 atom stereocenters. The predicted molar refractivity (Wildman–Crippen MR) is 83.2 cm³/mol. The minimum atomic E-state index is -4.48. The number of rotatable bonds is 3. The van der Waals surface area contributed by atoms with E-state index in [9.17, 15) is 18.0 Å². The monoisotopic (exact) mass is 374 g/mol. The van der Waals surface area contributed by atoms with E-state index in [2.05, 4.69) is 10.1 Å². The Morgan fingerprint density at radius 1 is 1.28 bits per heavy atom. The highest BCUT2D eigenvalue weighted by molar-refractivity contribution is 6.33. The number of amides is 1. The van der Waals surface area contributed by atoms with Crippen LogP contribution in [0.3, 0.4) is 0 Å². The van der Waals surface area contributed by atoms with Crippen LogP contribution in [0.4, 0.5) is 19.0 Å². The van der Waals surface area contributed by atoms with E-state index in [4.69, 9.17) is 16.1 Å². The highest BCUT2D eigenvalue weighted by Gasteiger charge is 2.32. The number of pyridine rings is 1. The summed E-state index contributed by atoms with van der Waals surface area (Å²) in [7, 11) is 0. The first-order valence-electron chi connectivity index (χ1n) is 7.49. The van der Waals surface area contributed by atoms with Crippen molar-refractivity contribution in [3.63, 3.8) is 0 Å². The standard InChI is InChI=1S/C15H14ClF3N4O2/c16-12-7-10(15(17,18)19)9-20-14(12)23-4-2-22(3-5-23)13(24)8-11-1-6-25-21-11/h1,6-7,9H,2-5,8H2. The van der Waals surface area contributed by atoms with Crippen LogP contribution in [0.1, 0.15) is 11.3 Å². The molecule has 10 heteroatoms. The Kier molecular flexibility index (Phi) is 4.85. The molecule has 6 nitrogen and oxygen atoms in total. The van der Waals surface area contributed by atoms with Crippen LogP contribution >= 0.6 is 11.6 Å².